The molecular weight excluding hydrogens is 621 g/mol. The summed E-state index contributed by atoms with van der Waals surface area (Å²) in [4.78, 5) is 28.8. The maximum Gasteiger partial charge on any atom is 0.435 e. The zero-order chi connectivity index (χ0) is 32.9. The minimum Gasteiger partial charge on any atom is -0.569 e. The van der Waals surface area contributed by atoms with Crippen LogP contribution in [0.1, 0.15) is 37.9 Å². The van der Waals surface area contributed by atoms with E-state index in [-0.39, 0.29) is 34.3 Å². The summed E-state index contributed by atoms with van der Waals surface area (Å²) in [5.74, 6) is -2.68. The number of hydrazine groups is 1. The Kier molecular flexibility index (Phi) is 10.00. The van der Waals surface area contributed by atoms with Gasteiger partial charge >= 0.3 is 12.1 Å². The van der Waals surface area contributed by atoms with Gasteiger partial charge in [0, 0.05) is 5.56 Å². The molecule has 1 aliphatic heterocycles. The van der Waals surface area contributed by atoms with Crippen LogP contribution in [0.5, 0.6) is 0 Å². The second kappa shape index (κ2) is 13.5. The van der Waals surface area contributed by atoms with E-state index in [0.29, 0.717) is 18.4 Å². The van der Waals surface area contributed by atoms with Crippen molar-refractivity contribution in [3.8, 4) is 16.9 Å². The first-order valence-corrected chi connectivity index (χ1v) is 15.3. The molecule has 1 aliphatic rings. The third-order valence-electron chi connectivity index (χ3n) is 6.84. The molecule has 17 heteroatoms. The molecule has 1 amide bonds. The van der Waals surface area contributed by atoms with Crippen molar-refractivity contribution in [2.75, 3.05) is 19.9 Å². The molecule has 0 bridgehead atoms. The summed E-state index contributed by atoms with van der Waals surface area (Å²) in [5, 5.41) is 20.4. The van der Waals surface area contributed by atoms with Crippen molar-refractivity contribution in [1.82, 2.24) is 19.5 Å². The zero-order valence-electron chi connectivity index (χ0n) is 24.5. The topological polar surface area (TPSA) is 158 Å². The van der Waals surface area contributed by atoms with E-state index in [2.05, 4.69) is 10.4 Å². The predicted octanol–water partition coefficient (Wildman–Crippen LogP) is 4.35. The standard InChI is InChI=1S/C28H31F3N6O7S/c1-18(2)27(39)43-17-44-34-37(40)35-14-4-5-21(16-35)26(38)33-45(41,42)23-12-10-22(11-13-23)36-24(15-25(32-36)28(29,30)31)20-8-6-19(3)7-9-20/h6-13,15,18,21H,4-5,14,16-17H2,1-3H3,(H,33,38). The minimum atomic E-state index is -4.71. The van der Waals surface area contributed by atoms with Crippen molar-refractivity contribution < 1.29 is 45.7 Å². The van der Waals surface area contributed by atoms with Gasteiger partial charge in [0.2, 0.25) is 11.2 Å². The summed E-state index contributed by atoms with van der Waals surface area (Å²) >= 11 is 0. The van der Waals surface area contributed by atoms with Crippen LogP contribution in [-0.4, -0.2) is 59.9 Å². The average Bonchev–Trinajstić information content (AvgIpc) is 3.46. The van der Waals surface area contributed by atoms with E-state index in [9.17, 15) is 36.4 Å². The fourth-order valence-electron chi connectivity index (χ4n) is 4.39. The lowest BCUT2D eigenvalue weighted by Crippen LogP contribution is -2.46. The van der Waals surface area contributed by atoms with Gasteiger partial charge in [-0.25, -0.2) is 17.8 Å². The number of ether oxygens (including phenoxy) is 1. The van der Waals surface area contributed by atoms with Crippen LogP contribution < -0.4 is 4.72 Å². The number of benzene rings is 2. The number of esters is 1. The highest BCUT2D eigenvalue weighted by atomic mass is 32.2. The van der Waals surface area contributed by atoms with Crippen molar-refractivity contribution >= 4 is 21.9 Å². The van der Waals surface area contributed by atoms with Gasteiger partial charge < -0.3 is 14.8 Å². The highest BCUT2D eigenvalue weighted by molar-refractivity contribution is 7.90. The molecule has 0 aliphatic carbocycles. The number of alkyl halides is 3. The molecule has 4 rings (SSSR count). The lowest BCUT2D eigenvalue weighted by atomic mass is 9.99. The number of hydrogen-bond acceptors (Lipinski definition) is 9. The quantitative estimate of drug-likeness (QED) is 0.0840. The number of aryl methyl sites for hydroxylation is 1. The lowest BCUT2D eigenvalue weighted by Gasteiger charge is -2.27. The monoisotopic (exact) mass is 652 g/mol. The highest BCUT2D eigenvalue weighted by Crippen LogP contribution is 2.33. The Bertz CT molecular complexity index is 1660. The number of piperidine rings is 1. The summed E-state index contributed by atoms with van der Waals surface area (Å²) in [6.45, 7) is 4.55. The van der Waals surface area contributed by atoms with Crippen molar-refractivity contribution in [3.63, 3.8) is 0 Å². The number of rotatable bonds is 10. The summed E-state index contributed by atoms with van der Waals surface area (Å²) in [6, 6.07) is 12.6. The Balaban J connectivity index is 1.44. The maximum absolute atomic E-state index is 13.5. The van der Waals surface area contributed by atoms with Gasteiger partial charge in [-0.3, -0.25) is 9.59 Å². The smallest absolute Gasteiger partial charge is 0.435 e. The number of nitrogens with zero attached hydrogens (tertiary/aromatic N) is 5. The van der Waals surface area contributed by atoms with Gasteiger partial charge in [-0.15, -0.1) is 5.01 Å². The van der Waals surface area contributed by atoms with Gasteiger partial charge in [0.15, 0.2) is 5.69 Å². The van der Waals surface area contributed by atoms with Crippen LogP contribution in [0.2, 0.25) is 0 Å². The molecular formula is C28H31F3N6O7S. The molecule has 1 N–H and O–H groups in total. The first-order chi connectivity index (χ1) is 21.2. The molecule has 13 nitrogen and oxygen atoms in total. The molecule has 0 radical (unpaired) electrons. The fraction of sp³-hybridized carbons (Fsp3) is 0.393. The summed E-state index contributed by atoms with van der Waals surface area (Å²) < 4.78 is 74.4. The Labute approximate surface area is 256 Å². The second-order valence-corrected chi connectivity index (χ2v) is 12.3. The van der Waals surface area contributed by atoms with E-state index in [1.165, 1.54) is 12.1 Å². The Morgan fingerprint density at radius 3 is 2.44 bits per heavy atom. The van der Waals surface area contributed by atoms with Crippen molar-refractivity contribution in [2.24, 2.45) is 17.1 Å². The van der Waals surface area contributed by atoms with Gasteiger partial charge in [-0.1, -0.05) is 43.7 Å². The SMILES string of the molecule is Cc1ccc(-c2cc(C(F)(F)F)nn2-c2ccc(S(=O)(=O)NC(=O)C3CCCN([N+]([O-])=NOCOC(=O)C(C)C)C3)cc2)cc1. The van der Waals surface area contributed by atoms with Gasteiger partial charge in [0.1, 0.15) is 0 Å². The van der Waals surface area contributed by atoms with E-state index < -0.39 is 52.4 Å². The molecule has 0 spiro atoms. The number of sulfonamides is 1. The highest BCUT2D eigenvalue weighted by Gasteiger charge is 2.36. The molecule has 3 aromatic rings. The predicted molar refractivity (Wildman–Crippen MR) is 151 cm³/mol. The summed E-state index contributed by atoms with van der Waals surface area (Å²) in [5.41, 5.74) is 0.576. The molecule has 1 fully saturated rings. The molecule has 242 valence electrons. The van der Waals surface area contributed by atoms with E-state index >= 15 is 0 Å². The molecule has 1 saturated heterocycles. The Hall–Kier alpha value is -4.67. The van der Waals surface area contributed by atoms with Crippen LogP contribution in [-0.2, 0) is 35.4 Å². The molecule has 2 aromatic carbocycles. The maximum atomic E-state index is 13.5. The average molecular weight is 653 g/mol. The molecule has 1 atom stereocenters. The van der Waals surface area contributed by atoms with Gasteiger partial charge in [0.05, 0.1) is 46.2 Å². The van der Waals surface area contributed by atoms with Gasteiger partial charge in [0.25, 0.3) is 16.8 Å². The molecule has 45 heavy (non-hydrogen) atoms. The third-order valence-corrected chi connectivity index (χ3v) is 8.20. The number of amides is 1. The van der Waals surface area contributed by atoms with Crippen LogP contribution in [0, 0.1) is 24.0 Å². The second-order valence-electron chi connectivity index (χ2n) is 10.6. The van der Waals surface area contributed by atoms with Gasteiger partial charge in [-0.2, -0.15) is 18.3 Å². The van der Waals surface area contributed by atoms with E-state index in [1.54, 1.807) is 38.1 Å². The number of carbonyl (C=O) groups excluding carboxylic acids is 2. The number of halogens is 3. The van der Waals surface area contributed by atoms with Crippen molar-refractivity contribution in [2.45, 2.75) is 44.7 Å². The number of aromatic nitrogens is 2. The normalized spacial score (nSPS) is 16.0. The van der Waals surface area contributed by atoms with Crippen LogP contribution >= 0.6 is 0 Å². The Morgan fingerprint density at radius 2 is 1.82 bits per heavy atom. The third kappa shape index (κ3) is 8.29. The lowest BCUT2D eigenvalue weighted by molar-refractivity contribution is -0.714. The molecule has 0 saturated carbocycles. The number of carbonyl (C=O) groups is 2. The van der Waals surface area contributed by atoms with Crippen LogP contribution in [0.15, 0.2) is 64.8 Å². The first kappa shape index (κ1) is 33.2. The van der Waals surface area contributed by atoms with E-state index in [4.69, 9.17) is 9.57 Å². The van der Waals surface area contributed by atoms with Crippen LogP contribution in [0.4, 0.5) is 13.2 Å². The van der Waals surface area contributed by atoms with E-state index in [1.807, 2.05) is 11.6 Å². The minimum absolute atomic E-state index is 0.0974. The molecule has 2 heterocycles. The van der Waals surface area contributed by atoms with E-state index in [0.717, 1.165) is 33.5 Å². The first-order valence-electron chi connectivity index (χ1n) is 13.8. The number of hydrogen-bond donors (Lipinski definition) is 1. The Morgan fingerprint density at radius 1 is 1.16 bits per heavy atom. The largest absolute Gasteiger partial charge is 0.569 e. The molecule has 1 aromatic heterocycles. The zero-order valence-corrected chi connectivity index (χ0v) is 25.3. The summed E-state index contributed by atoms with van der Waals surface area (Å²) in [6.07, 6.45) is -4.05. The molecule has 1 unspecified atom stereocenters. The van der Waals surface area contributed by atoms with Gasteiger partial charge in [-0.05, 0) is 50.1 Å². The van der Waals surface area contributed by atoms with Crippen LogP contribution in [0.3, 0.4) is 0 Å². The van der Waals surface area contributed by atoms with Crippen molar-refractivity contribution in [3.05, 3.63) is 71.1 Å². The number of nitrogens with one attached hydrogen (secondary N) is 1. The van der Waals surface area contributed by atoms with Crippen molar-refractivity contribution in [1.29, 1.82) is 0 Å². The van der Waals surface area contributed by atoms with Crippen LogP contribution in [0.25, 0.3) is 16.9 Å². The summed E-state index contributed by atoms with van der Waals surface area (Å²) in [7, 11) is -4.38. The fourth-order valence-corrected chi connectivity index (χ4v) is 5.43.